The molecular weight excluding hydrogens is 224 g/mol. The van der Waals surface area contributed by atoms with Gasteiger partial charge in [-0.3, -0.25) is 0 Å². The third kappa shape index (κ3) is 3.40. The largest absolute Gasteiger partial charge is 0.487 e. The Morgan fingerprint density at radius 3 is 2.65 bits per heavy atom. The molecule has 1 aromatic rings. The normalized spacial score (nSPS) is 17.4. The van der Waals surface area contributed by atoms with Crippen LogP contribution in [-0.2, 0) is 0 Å². The molecule has 0 saturated carbocycles. The van der Waals surface area contributed by atoms with Gasteiger partial charge in [-0.15, -0.1) is 0 Å². The lowest BCUT2D eigenvalue weighted by Crippen LogP contribution is -2.27. The Morgan fingerprint density at radius 1 is 1.24 bits per heavy atom. The molecule has 1 fully saturated rings. The van der Waals surface area contributed by atoms with Crippen molar-refractivity contribution in [2.75, 3.05) is 19.7 Å². The van der Waals surface area contributed by atoms with E-state index in [1.165, 1.54) is 0 Å². The van der Waals surface area contributed by atoms with Gasteiger partial charge in [0.05, 0.1) is 0 Å². The van der Waals surface area contributed by atoms with Crippen LogP contribution in [0.4, 0.5) is 8.78 Å². The van der Waals surface area contributed by atoms with Crippen molar-refractivity contribution in [2.45, 2.75) is 25.2 Å². The van der Waals surface area contributed by atoms with Gasteiger partial charge in [-0.05, 0) is 43.5 Å². The molecule has 0 aromatic heterocycles. The first-order valence-corrected chi connectivity index (χ1v) is 5.98. The zero-order chi connectivity index (χ0) is 12.1. The average molecular weight is 241 g/mol. The molecule has 1 N–H and O–H groups in total. The third-order valence-corrected chi connectivity index (χ3v) is 3.06. The van der Waals surface area contributed by atoms with Gasteiger partial charge >= 0.3 is 0 Å². The van der Waals surface area contributed by atoms with Crippen LogP contribution in [0.15, 0.2) is 24.3 Å². The fourth-order valence-electron chi connectivity index (χ4n) is 2.23. The van der Waals surface area contributed by atoms with E-state index < -0.39 is 13.0 Å². The molecule has 1 aromatic carbocycles. The highest BCUT2D eigenvalue weighted by molar-refractivity contribution is 5.36. The van der Waals surface area contributed by atoms with Crippen LogP contribution in [0.1, 0.15) is 24.3 Å². The number of halogens is 2. The summed E-state index contributed by atoms with van der Waals surface area (Å²) in [6.07, 6.45) is -0.347. The molecule has 2 rings (SSSR count). The second-order valence-corrected chi connectivity index (χ2v) is 4.26. The van der Waals surface area contributed by atoms with Crippen molar-refractivity contribution in [3.8, 4) is 5.75 Å². The van der Waals surface area contributed by atoms with Gasteiger partial charge in [0.2, 0.25) is 0 Å². The quantitative estimate of drug-likeness (QED) is 0.875. The Kier molecular flexibility index (Phi) is 4.31. The average Bonchev–Trinajstić information content (AvgIpc) is 2.38. The monoisotopic (exact) mass is 241 g/mol. The van der Waals surface area contributed by atoms with Crippen LogP contribution in [0.25, 0.3) is 0 Å². The van der Waals surface area contributed by atoms with Gasteiger partial charge in [-0.2, -0.15) is 0 Å². The Labute approximate surface area is 100.0 Å². The van der Waals surface area contributed by atoms with Crippen molar-refractivity contribution in [1.29, 1.82) is 0 Å². The summed E-state index contributed by atoms with van der Waals surface area (Å²) in [5.41, 5.74) is 1.06. The van der Waals surface area contributed by atoms with E-state index in [1.807, 2.05) is 18.2 Å². The van der Waals surface area contributed by atoms with Gasteiger partial charge < -0.3 is 10.1 Å². The van der Waals surface area contributed by atoms with Crippen molar-refractivity contribution in [3.63, 3.8) is 0 Å². The summed E-state index contributed by atoms with van der Waals surface area (Å²) >= 11 is 0. The zero-order valence-corrected chi connectivity index (χ0v) is 9.66. The van der Waals surface area contributed by atoms with Crippen molar-refractivity contribution >= 4 is 0 Å². The maximum atomic E-state index is 12.2. The van der Waals surface area contributed by atoms with Crippen LogP contribution in [0, 0.1) is 0 Å². The molecular formula is C13H17F2NO. The summed E-state index contributed by atoms with van der Waals surface area (Å²) in [5.74, 6) is 1.03. The molecule has 0 atom stereocenters. The SMILES string of the molecule is FC(F)COc1ccccc1C1CCNCC1. The molecule has 1 aliphatic heterocycles. The number of piperidine rings is 1. The molecule has 4 heteroatoms. The van der Waals surface area contributed by atoms with E-state index in [1.54, 1.807) is 6.07 Å². The van der Waals surface area contributed by atoms with E-state index in [9.17, 15) is 8.78 Å². The van der Waals surface area contributed by atoms with Crippen molar-refractivity contribution in [3.05, 3.63) is 29.8 Å². The van der Waals surface area contributed by atoms with Gasteiger partial charge in [-0.1, -0.05) is 18.2 Å². The number of ether oxygens (including phenoxy) is 1. The third-order valence-electron chi connectivity index (χ3n) is 3.06. The minimum absolute atomic E-state index is 0.421. The fraction of sp³-hybridized carbons (Fsp3) is 0.538. The maximum absolute atomic E-state index is 12.2. The van der Waals surface area contributed by atoms with Crippen molar-refractivity contribution in [2.24, 2.45) is 0 Å². The van der Waals surface area contributed by atoms with Gasteiger partial charge in [0.1, 0.15) is 12.4 Å². The van der Waals surface area contributed by atoms with E-state index >= 15 is 0 Å². The highest BCUT2D eigenvalue weighted by atomic mass is 19.3. The van der Waals surface area contributed by atoms with Crippen LogP contribution >= 0.6 is 0 Å². The van der Waals surface area contributed by atoms with E-state index in [0.717, 1.165) is 31.5 Å². The molecule has 0 aliphatic carbocycles. The van der Waals surface area contributed by atoms with Gasteiger partial charge in [0.25, 0.3) is 6.43 Å². The summed E-state index contributed by atoms with van der Waals surface area (Å²) in [5, 5.41) is 3.29. The van der Waals surface area contributed by atoms with Crippen LogP contribution in [0.5, 0.6) is 5.75 Å². The minimum atomic E-state index is -2.42. The number of para-hydroxylation sites is 1. The number of hydrogen-bond acceptors (Lipinski definition) is 2. The highest BCUT2D eigenvalue weighted by Crippen LogP contribution is 2.32. The molecule has 0 spiro atoms. The Bertz CT molecular complexity index is 351. The second kappa shape index (κ2) is 5.96. The number of alkyl halides is 2. The van der Waals surface area contributed by atoms with Crippen molar-refractivity contribution in [1.82, 2.24) is 5.32 Å². The summed E-state index contributed by atoms with van der Waals surface area (Å²) in [7, 11) is 0. The Balaban J connectivity index is 2.09. The molecule has 0 bridgehead atoms. The van der Waals surface area contributed by atoms with Gasteiger partial charge in [-0.25, -0.2) is 8.78 Å². The summed E-state index contributed by atoms with van der Waals surface area (Å²) < 4.78 is 29.5. The molecule has 1 heterocycles. The topological polar surface area (TPSA) is 21.3 Å². The van der Waals surface area contributed by atoms with E-state index in [4.69, 9.17) is 4.74 Å². The molecule has 94 valence electrons. The van der Waals surface area contributed by atoms with Crippen LogP contribution < -0.4 is 10.1 Å². The summed E-state index contributed by atoms with van der Waals surface area (Å²) in [6.45, 7) is 1.43. The van der Waals surface area contributed by atoms with E-state index in [-0.39, 0.29) is 0 Å². The first-order valence-electron chi connectivity index (χ1n) is 5.98. The molecule has 0 amide bonds. The predicted octanol–water partition coefficient (Wildman–Crippen LogP) is 2.80. The van der Waals surface area contributed by atoms with Crippen molar-refractivity contribution < 1.29 is 13.5 Å². The standard InChI is InChI=1S/C13H17F2NO/c14-13(15)9-17-12-4-2-1-3-11(12)10-5-7-16-8-6-10/h1-4,10,13,16H,5-9H2. The lowest BCUT2D eigenvalue weighted by molar-refractivity contribution is 0.0811. The second-order valence-electron chi connectivity index (χ2n) is 4.26. The van der Waals surface area contributed by atoms with Crippen LogP contribution in [0.2, 0.25) is 0 Å². The van der Waals surface area contributed by atoms with Crippen LogP contribution in [-0.4, -0.2) is 26.1 Å². The smallest absolute Gasteiger partial charge is 0.272 e. The minimum Gasteiger partial charge on any atom is -0.487 e. The summed E-state index contributed by atoms with van der Waals surface area (Å²) in [4.78, 5) is 0. The fourth-order valence-corrected chi connectivity index (χ4v) is 2.23. The van der Waals surface area contributed by atoms with E-state index in [2.05, 4.69) is 5.32 Å². The van der Waals surface area contributed by atoms with Crippen LogP contribution in [0.3, 0.4) is 0 Å². The van der Waals surface area contributed by atoms with Gasteiger partial charge in [0, 0.05) is 0 Å². The molecule has 1 saturated heterocycles. The molecule has 2 nitrogen and oxygen atoms in total. The predicted molar refractivity (Wildman–Crippen MR) is 62.8 cm³/mol. The summed E-state index contributed by atoms with van der Waals surface area (Å²) in [6, 6.07) is 7.52. The van der Waals surface area contributed by atoms with E-state index in [0.29, 0.717) is 11.7 Å². The number of nitrogens with one attached hydrogen (secondary N) is 1. The molecule has 17 heavy (non-hydrogen) atoms. The lowest BCUT2D eigenvalue weighted by atomic mass is 9.89. The molecule has 0 radical (unpaired) electrons. The Morgan fingerprint density at radius 2 is 1.94 bits per heavy atom. The first-order chi connectivity index (χ1) is 8.27. The number of rotatable bonds is 4. The highest BCUT2D eigenvalue weighted by Gasteiger charge is 2.19. The maximum Gasteiger partial charge on any atom is 0.272 e. The first kappa shape index (κ1) is 12.3. The zero-order valence-electron chi connectivity index (χ0n) is 9.66. The molecule has 0 unspecified atom stereocenters. The number of benzene rings is 1. The lowest BCUT2D eigenvalue weighted by Gasteiger charge is -2.24. The Hall–Kier alpha value is -1.16. The van der Waals surface area contributed by atoms with Gasteiger partial charge in [0.15, 0.2) is 0 Å². The molecule has 1 aliphatic rings. The number of hydrogen-bond donors (Lipinski definition) is 1.